The van der Waals surface area contributed by atoms with Crippen molar-refractivity contribution >= 4 is 34.7 Å². The van der Waals surface area contributed by atoms with Gasteiger partial charge >= 0.3 is 5.97 Å². The van der Waals surface area contributed by atoms with Gasteiger partial charge in [0.05, 0.1) is 13.2 Å². The van der Waals surface area contributed by atoms with E-state index >= 15 is 0 Å². The number of amides is 2. The van der Waals surface area contributed by atoms with Gasteiger partial charge in [-0.25, -0.2) is 0 Å². The molecule has 1 rings (SSSR count). The minimum atomic E-state index is -0.829. The molecule has 0 bridgehead atoms. The second-order valence-electron chi connectivity index (χ2n) is 8.23. The minimum absolute atomic E-state index is 0.00864. The SMILES string of the molecule is CC(=O)OCCCC(=O)SCCNC(=O)CCNC(=O)[C@@H]1OC(C)(C)OCC1(C)C. The molecule has 1 heterocycles. The van der Waals surface area contributed by atoms with Crippen LogP contribution in [0.1, 0.15) is 53.9 Å². The van der Waals surface area contributed by atoms with Gasteiger partial charge in [0.15, 0.2) is 10.9 Å². The van der Waals surface area contributed by atoms with E-state index < -0.39 is 17.3 Å². The summed E-state index contributed by atoms with van der Waals surface area (Å²) in [5, 5.41) is 5.46. The van der Waals surface area contributed by atoms with Crippen molar-refractivity contribution in [1.82, 2.24) is 10.6 Å². The molecule has 9 nitrogen and oxygen atoms in total. The van der Waals surface area contributed by atoms with Crippen LogP contribution in [0.4, 0.5) is 0 Å². The number of thioether (sulfide) groups is 1. The van der Waals surface area contributed by atoms with Gasteiger partial charge in [0.25, 0.3) is 0 Å². The first-order valence-electron chi connectivity index (χ1n) is 10.1. The van der Waals surface area contributed by atoms with Crippen LogP contribution in [0.5, 0.6) is 0 Å². The molecule has 1 fully saturated rings. The number of carbonyl (C=O) groups excluding carboxylic acids is 4. The number of nitrogens with one attached hydrogen (secondary N) is 2. The lowest BCUT2D eigenvalue weighted by molar-refractivity contribution is -0.304. The Bertz CT molecular complexity index is 622. The molecule has 0 radical (unpaired) electrons. The van der Waals surface area contributed by atoms with E-state index in [4.69, 9.17) is 14.2 Å². The fourth-order valence-corrected chi connectivity index (χ4v) is 3.38. The monoisotopic (exact) mass is 446 g/mol. The van der Waals surface area contributed by atoms with E-state index in [0.29, 0.717) is 31.7 Å². The van der Waals surface area contributed by atoms with Crippen LogP contribution in [0.15, 0.2) is 0 Å². The Kier molecular flexibility index (Phi) is 10.8. The van der Waals surface area contributed by atoms with Gasteiger partial charge in [-0.1, -0.05) is 25.6 Å². The van der Waals surface area contributed by atoms with Crippen molar-refractivity contribution in [3.8, 4) is 0 Å². The van der Waals surface area contributed by atoms with Crippen LogP contribution in [0.2, 0.25) is 0 Å². The third kappa shape index (κ3) is 10.4. The molecule has 0 saturated carbocycles. The Hall–Kier alpha value is -1.65. The van der Waals surface area contributed by atoms with E-state index in [1.165, 1.54) is 6.92 Å². The number of rotatable bonds is 11. The molecule has 1 aliphatic heterocycles. The second kappa shape index (κ2) is 12.3. The fourth-order valence-electron chi connectivity index (χ4n) is 2.66. The molecule has 0 aromatic heterocycles. The molecular weight excluding hydrogens is 412 g/mol. The maximum atomic E-state index is 12.5. The van der Waals surface area contributed by atoms with E-state index in [2.05, 4.69) is 10.6 Å². The van der Waals surface area contributed by atoms with Crippen LogP contribution in [-0.2, 0) is 33.4 Å². The Balaban J connectivity index is 2.16. The number of carbonyl (C=O) groups is 4. The highest BCUT2D eigenvalue weighted by Gasteiger charge is 2.45. The van der Waals surface area contributed by atoms with Crippen LogP contribution < -0.4 is 10.6 Å². The first kappa shape index (κ1) is 26.4. The molecule has 0 aromatic carbocycles. The lowest BCUT2D eigenvalue weighted by atomic mass is 9.85. The summed E-state index contributed by atoms with van der Waals surface area (Å²) in [6.07, 6.45) is 0.286. The molecule has 0 spiro atoms. The van der Waals surface area contributed by atoms with E-state index in [1.807, 2.05) is 13.8 Å². The van der Waals surface area contributed by atoms with E-state index in [-0.39, 0.29) is 42.5 Å². The molecule has 2 amide bonds. The van der Waals surface area contributed by atoms with Gasteiger partial charge in [-0.05, 0) is 20.3 Å². The lowest BCUT2D eigenvalue weighted by Gasteiger charge is -2.44. The standard InChI is InChI=1S/C20H34N2O7S/c1-14(23)27-11-6-7-16(25)30-12-10-21-15(24)8-9-22-18(26)17-19(2,3)13-28-20(4,5)29-17/h17H,6-13H2,1-5H3,(H,21,24)(H,22,26)/t17-/m0/s1. The largest absolute Gasteiger partial charge is 0.466 e. The Morgan fingerprint density at radius 3 is 2.43 bits per heavy atom. The highest BCUT2D eigenvalue weighted by Crippen LogP contribution is 2.34. The molecular formula is C20H34N2O7S. The fraction of sp³-hybridized carbons (Fsp3) is 0.800. The zero-order valence-corrected chi connectivity index (χ0v) is 19.3. The van der Waals surface area contributed by atoms with Crippen LogP contribution in [0.3, 0.4) is 0 Å². The average molecular weight is 447 g/mol. The molecule has 30 heavy (non-hydrogen) atoms. The Morgan fingerprint density at radius 2 is 1.77 bits per heavy atom. The van der Waals surface area contributed by atoms with Crippen molar-refractivity contribution in [3.63, 3.8) is 0 Å². The normalized spacial score (nSPS) is 19.6. The van der Waals surface area contributed by atoms with Gasteiger partial charge < -0.3 is 24.8 Å². The zero-order chi connectivity index (χ0) is 22.8. The molecule has 1 atom stereocenters. The van der Waals surface area contributed by atoms with Crippen LogP contribution in [0, 0.1) is 5.41 Å². The quantitative estimate of drug-likeness (QED) is 0.361. The third-order valence-corrected chi connectivity index (χ3v) is 5.24. The molecule has 0 aromatic rings. The number of esters is 1. The second-order valence-corrected chi connectivity index (χ2v) is 9.38. The summed E-state index contributed by atoms with van der Waals surface area (Å²) in [5.41, 5.74) is -0.468. The van der Waals surface area contributed by atoms with E-state index in [9.17, 15) is 19.2 Å². The number of hydrogen-bond donors (Lipinski definition) is 2. The van der Waals surface area contributed by atoms with Gasteiger partial charge in [0.1, 0.15) is 6.10 Å². The summed E-state index contributed by atoms with van der Waals surface area (Å²) in [6.45, 7) is 9.84. The highest BCUT2D eigenvalue weighted by molar-refractivity contribution is 8.13. The van der Waals surface area contributed by atoms with Gasteiger partial charge in [0.2, 0.25) is 11.8 Å². The van der Waals surface area contributed by atoms with Crippen molar-refractivity contribution in [3.05, 3.63) is 0 Å². The molecule has 172 valence electrons. The lowest BCUT2D eigenvalue weighted by Crippen LogP contribution is -2.56. The van der Waals surface area contributed by atoms with Crippen LogP contribution in [-0.4, -0.2) is 66.8 Å². The van der Waals surface area contributed by atoms with Crippen molar-refractivity contribution in [1.29, 1.82) is 0 Å². The topological polar surface area (TPSA) is 120 Å². The smallest absolute Gasteiger partial charge is 0.302 e. The Labute approximate surface area is 182 Å². The van der Waals surface area contributed by atoms with Crippen molar-refractivity contribution in [2.75, 3.05) is 32.1 Å². The van der Waals surface area contributed by atoms with Crippen LogP contribution in [0.25, 0.3) is 0 Å². The summed E-state index contributed by atoms with van der Waals surface area (Å²) in [7, 11) is 0. The van der Waals surface area contributed by atoms with E-state index in [0.717, 1.165) is 11.8 Å². The van der Waals surface area contributed by atoms with Crippen molar-refractivity contribution < 1.29 is 33.4 Å². The predicted octanol–water partition coefficient (Wildman–Crippen LogP) is 1.39. The predicted molar refractivity (Wildman–Crippen MR) is 113 cm³/mol. The minimum Gasteiger partial charge on any atom is -0.466 e. The molecule has 10 heteroatoms. The highest BCUT2D eigenvalue weighted by atomic mass is 32.2. The average Bonchev–Trinajstić information content (AvgIpc) is 2.64. The summed E-state index contributed by atoms with van der Waals surface area (Å²) < 4.78 is 16.1. The van der Waals surface area contributed by atoms with Gasteiger partial charge in [-0.15, -0.1) is 0 Å². The van der Waals surface area contributed by atoms with Gasteiger partial charge in [-0.3, -0.25) is 19.2 Å². The number of ether oxygens (including phenoxy) is 3. The zero-order valence-electron chi connectivity index (χ0n) is 18.5. The molecule has 0 aliphatic carbocycles. The molecule has 0 unspecified atom stereocenters. The first-order valence-corrected chi connectivity index (χ1v) is 11.1. The molecule has 2 N–H and O–H groups in total. The molecule has 1 saturated heterocycles. The van der Waals surface area contributed by atoms with Crippen molar-refractivity contribution in [2.45, 2.75) is 65.8 Å². The Morgan fingerprint density at radius 1 is 1.07 bits per heavy atom. The van der Waals surface area contributed by atoms with Crippen LogP contribution >= 0.6 is 11.8 Å². The number of hydrogen-bond acceptors (Lipinski definition) is 8. The first-order chi connectivity index (χ1) is 13.9. The van der Waals surface area contributed by atoms with Gasteiger partial charge in [0, 0.05) is 44.0 Å². The maximum absolute atomic E-state index is 12.5. The molecule has 1 aliphatic rings. The maximum Gasteiger partial charge on any atom is 0.302 e. The van der Waals surface area contributed by atoms with Crippen molar-refractivity contribution in [2.24, 2.45) is 5.41 Å². The summed E-state index contributed by atoms with van der Waals surface area (Å²) in [4.78, 5) is 46.7. The van der Waals surface area contributed by atoms with E-state index in [1.54, 1.807) is 13.8 Å². The van der Waals surface area contributed by atoms with Gasteiger partial charge in [-0.2, -0.15) is 0 Å². The summed E-state index contributed by atoms with van der Waals surface area (Å²) in [5.74, 6) is -1.19. The summed E-state index contributed by atoms with van der Waals surface area (Å²) >= 11 is 1.13. The summed E-state index contributed by atoms with van der Waals surface area (Å²) in [6, 6.07) is 0. The third-order valence-electron chi connectivity index (χ3n) is 4.31.